The van der Waals surface area contributed by atoms with E-state index in [1.54, 1.807) is 0 Å². The van der Waals surface area contributed by atoms with Crippen LogP contribution in [0.25, 0.3) is 0 Å². The second kappa shape index (κ2) is 7.95. The Hall–Kier alpha value is -0.870. The number of aryl methyl sites for hydroxylation is 2. The van der Waals surface area contributed by atoms with Crippen LogP contribution in [0.5, 0.6) is 0 Å². The number of likely N-dealkylation sites (N-methyl/N-ethyl adjacent to an activating group) is 1. The zero-order valence-electron chi connectivity index (χ0n) is 14.1. The van der Waals surface area contributed by atoms with E-state index in [-0.39, 0.29) is 0 Å². The highest BCUT2D eigenvalue weighted by atomic mass is 16.5. The lowest BCUT2D eigenvalue weighted by atomic mass is 9.77. The molecule has 1 unspecified atom stereocenters. The van der Waals surface area contributed by atoms with Gasteiger partial charge in [-0.3, -0.25) is 4.68 Å². The smallest absolute Gasteiger partial charge is 0.0596 e. The standard InChI is InChI=1S/C17H31N3O/c1-5-18-15(9-14-10-17(11-14)21-7-3)12-16-8-13(4)19-20(16)6-2/h8,14-15,17-18H,5-7,9-12H2,1-4H3. The van der Waals surface area contributed by atoms with Gasteiger partial charge in [0.05, 0.1) is 11.8 Å². The van der Waals surface area contributed by atoms with Gasteiger partial charge in [0.2, 0.25) is 0 Å². The molecule has 0 bridgehead atoms. The molecule has 0 saturated heterocycles. The van der Waals surface area contributed by atoms with Crippen LogP contribution in [0.1, 0.15) is 51.4 Å². The van der Waals surface area contributed by atoms with Crippen molar-refractivity contribution in [2.24, 2.45) is 5.92 Å². The minimum Gasteiger partial charge on any atom is -0.378 e. The van der Waals surface area contributed by atoms with Crippen LogP contribution in [0, 0.1) is 12.8 Å². The monoisotopic (exact) mass is 293 g/mol. The summed E-state index contributed by atoms with van der Waals surface area (Å²) in [4.78, 5) is 0. The van der Waals surface area contributed by atoms with Crippen LogP contribution in [-0.2, 0) is 17.7 Å². The molecule has 1 aromatic heterocycles. The van der Waals surface area contributed by atoms with E-state index in [1.807, 2.05) is 0 Å². The van der Waals surface area contributed by atoms with Crippen LogP contribution in [-0.4, -0.2) is 35.1 Å². The molecule has 0 radical (unpaired) electrons. The molecule has 1 aromatic rings. The highest BCUT2D eigenvalue weighted by Crippen LogP contribution is 2.34. The Kier molecular flexibility index (Phi) is 6.24. The maximum Gasteiger partial charge on any atom is 0.0596 e. The summed E-state index contributed by atoms with van der Waals surface area (Å²) in [7, 11) is 0. The van der Waals surface area contributed by atoms with Crippen molar-refractivity contribution in [2.45, 2.75) is 72.1 Å². The Morgan fingerprint density at radius 2 is 2.14 bits per heavy atom. The van der Waals surface area contributed by atoms with Gasteiger partial charge in [-0.1, -0.05) is 6.92 Å². The van der Waals surface area contributed by atoms with Gasteiger partial charge in [-0.15, -0.1) is 0 Å². The van der Waals surface area contributed by atoms with Crippen molar-refractivity contribution in [3.63, 3.8) is 0 Å². The van der Waals surface area contributed by atoms with Crippen molar-refractivity contribution < 1.29 is 4.74 Å². The molecular formula is C17H31N3O. The van der Waals surface area contributed by atoms with Gasteiger partial charge in [0.15, 0.2) is 0 Å². The Labute approximate surface area is 129 Å². The molecule has 0 aliphatic heterocycles. The molecular weight excluding hydrogens is 262 g/mol. The highest BCUT2D eigenvalue weighted by molar-refractivity contribution is 5.10. The molecule has 1 heterocycles. The lowest BCUT2D eigenvalue weighted by molar-refractivity contribution is -0.0290. The van der Waals surface area contributed by atoms with Crippen molar-refractivity contribution in [3.8, 4) is 0 Å². The number of nitrogens with one attached hydrogen (secondary N) is 1. The Balaban J connectivity index is 1.87. The summed E-state index contributed by atoms with van der Waals surface area (Å²) >= 11 is 0. The average molecular weight is 293 g/mol. The first kappa shape index (κ1) is 16.5. The van der Waals surface area contributed by atoms with Gasteiger partial charge in [-0.25, -0.2) is 0 Å². The molecule has 1 saturated carbocycles. The van der Waals surface area contributed by atoms with E-state index in [2.05, 4.69) is 48.9 Å². The summed E-state index contributed by atoms with van der Waals surface area (Å²) < 4.78 is 7.82. The van der Waals surface area contributed by atoms with Crippen LogP contribution >= 0.6 is 0 Å². The van der Waals surface area contributed by atoms with Gasteiger partial charge in [0, 0.05) is 31.3 Å². The van der Waals surface area contributed by atoms with E-state index in [1.165, 1.54) is 25.0 Å². The van der Waals surface area contributed by atoms with Crippen molar-refractivity contribution in [1.82, 2.24) is 15.1 Å². The largest absolute Gasteiger partial charge is 0.378 e. The molecule has 4 nitrogen and oxygen atoms in total. The summed E-state index contributed by atoms with van der Waals surface area (Å²) in [6.45, 7) is 11.4. The first-order valence-corrected chi connectivity index (χ1v) is 8.54. The van der Waals surface area contributed by atoms with Crippen molar-refractivity contribution in [2.75, 3.05) is 13.2 Å². The lowest BCUT2D eigenvalue weighted by Gasteiger charge is -2.37. The van der Waals surface area contributed by atoms with Crippen LogP contribution < -0.4 is 5.32 Å². The second-order valence-corrected chi connectivity index (χ2v) is 6.20. The van der Waals surface area contributed by atoms with E-state index in [0.29, 0.717) is 12.1 Å². The first-order valence-electron chi connectivity index (χ1n) is 8.54. The summed E-state index contributed by atoms with van der Waals surface area (Å²) in [5, 5.41) is 8.22. The molecule has 1 aliphatic rings. The molecule has 1 fully saturated rings. The fraction of sp³-hybridized carbons (Fsp3) is 0.824. The van der Waals surface area contributed by atoms with Gasteiger partial charge in [-0.05, 0) is 58.6 Å². The lowest BCUT2D eigenvalue weighted by Crippen LogP contribution is -2.39. The SMILES string of the molecule is CCNC(Cc1cc(C)nn1CC)CC1CC(OCC)C1. The van der Waals surface area contributed by atoms with Crippen molar-refractivity contribution in [3.05, 3.63) is 17.5 Å². The highest BCUT2D eigenvalue weighted by Gasteiger charge is 2.31. The fourth-order valence-corrected chi connectivity index (χ4v) is 3.46. The summed E-state index contributed by atoms with van der Waals surface area (Å²) in [6.07, 6.45) is 5.33. The summed E-state index contributed by atoms with van der Waals surface area (Å²) in [5.41, 5.74) is 2.49. The van der Waals surface area contributed by atoms with Crippen LogP contribution in [0.3, 0.4) is 0 Å². The van der Waals surface area contributed by atoms with E-state index in [4.69, 9.17) is 4.74 Å². The zero-order valence-corrected chi connectivity index (χ0v) is 14.1. The first-order chi connectivity index (χ1) is 10.2. The third kappa shape index (κ3) is 4.55. The molecule has 2 rings (SSSR count). The third-order valence-electron chi connectivity index (χ3n) is 4.45. The van der Waals surface area contributed by atoms with Gasteiger partial charge in [0.1, 0.15) is 0 Å². The van der Waals surface area contributed by atoms with Crippen LogP contribution in [0.2, 0.25) is 0 Å². The number of rotatable bonds is 9. The number of ether oxygens (including phenoxy) is 1. The summed E-state index contributed by atoms with van der Waals surface area (Å²) in [5.74, 6) is 0.824. The maximum absolute atomic E-state index is 5.67. The van der Waals surface area contributed by atoms with E-state index in [9.17, 15) is 0 Å². The van der Waals surface area contributed by atoms with E-state index in [0.717, 1.165) is 37.7 Å². The normalized spacial score (nSPS) is 23.0. The molecule has 0 spiro atoms. The predicted octanol–water partition coefficient (Wildman–Crippen LogP) is 2.94. The number of aromatic nitrogens is 2. The second-order valence-electron chi connectivity index (χ2n) is 6.20. The quantitative estimate of drug-likeness (QED) is 0.761. The molecule has 21 heavy (non-hydrogen) atoms. The number of nitrogens with zero attached hydrogens (tertiary/aromatic N) is 2. The summed E-state index contributed by atoms with van der Waals surface area (Å²) in [6, 6.07) is 2.79. The molecule has 4 heteroatoms. The molecule has 0 aromatic carbocycles. The Morgan fingerprint density at radius 1 is 1.38 bits per heavy atom. The van der Waals surface area contributed by atoms with E-state index >= 15 is 0 Å². The molecule has 0 amide bonds. The molecule has 1 aliphatic carbocycles. The zero-order chi connectivity index (χ0) is 15.2. The maximum atomic E-state index is 5.67. The molecule has 1 atom stereocenters. The van der Waals surface area contributed by atoms with Gasteiger partial charge in [-0.2, -0.15) is 5.10 Å². The van der Waals surface area contributed by atoms with Gasteiger partial charge in [0.25, 0.3) is 0 Å². The van der Waals surface area contributed by atoms with Gasteiger partial charge >= 0.3 is 0 Å². The topological polar surface area (TPSA) is 39.1 Å². The number of hydrogen-bond donors (Lipinski definition) is 1. The Bertz CT molecular complexity index is 424. The van der Waals surface area contributed by atoms with Crippen LogP contribution in [0.15, 0.2) is 6.07 Å². The minimum atomic E-state index is 0.519. The van der Waals surface area contributed by atoms with E-state index < -0.39 is 0 Å². The minimum absolute atomic E-state index is 0.519. The number of hydrogen-bond acceptors (Lipinski definition) is 3. The third-order valence-corrected chi connectivity index (χ3v) is 4.45. The average Bonchev–Trinajstić information content (AvgIpc) is 2.76. The van der Waals surface area contributed by atoms with Crippen molar-refractivity contribution >= 4 is 0 Å². The fourth-order valence-electron chi connectivity index (χ4n) is 3.46. The Morgan fingerprint density at radius 3 is 2.76 bits per heavy atom. The molecule has 1 N–H and O–H groups in total. The molecule has 120 valence electrons. The predicted molar refractivity (Wildman–Crippen MR) is 86.6 cm³/mol. The van der Waals surface area contributed by atoms with Gasteiger partial charge < -0.3 is 10.1 Å². The van der Waals surface area contributed by atoms with Crippen LogP contribution in [0.4, 0.5) is 0 Å². The van der Waals surface area contributed by atoms with Crippen molar-refractivity contribution in [1.29, 1.82) is 0 Å².